The second-order valence-electron chi connectivity index (χ2n) is 4.57. The molecule has 0 spiro atoms. The standard InChI is InChI=1S/C13H17BrN2O2S3/c1-3-15-6-10-5-13(20-8-10)21(17,18)16(2)7-11-4-12(14)19-9-11/h4-5,8-9,15H,3,6-7H2,1-2H3. The van der Waals surface area contributed by atoms with Crippen LogP contribution in [0.3, 0.4) is 0 Å². The van der Waals surface area contributed by atoms with Crippen LogP contribution in [-0.4, -0.2) is 26.3 Å². The number of nitrogens with one attached hydrogen (secondary N) is 1. The molecule has 0 aliphatic rings. The van der Waals surface area contributed by atoms with Crippen LogP contribution in [-0.2, 0) is 23.1 Å². The lowest BCUT2D eigenvalue weighted by Gasteiger charge is -2.15. The molecular formula is C13H17BrN2O2S3. The zero-order valence-electron chi connectivity index (χ0n) is 11.8. The first-order valence-electron chi connectivity index (χ1n) is 6.41. The predicted molar refractivity (Wildman–Crippen MR) is 92.4 cm³/mol. The van der Waals surface area contributed by atoms with E-state index in [9.17, 15) is 8.42 Å². The average molecular weight is 409 g/mol. The fourth-order valence-electron chi connectivity index (χ4n) is 1.77. The molecule has 0 saturated heterocycles. The Morgan fingerprint density at radius 2 is 1.95 bits per heavy atom. The number of rotatable bonds is 7. The van der Waals surface area contributed by atoms with E-state index in [0.717, 1.165) is 21.5 Å². The molecule has 4 nitrogen and oxygen atoms in total. The Morgan fingerprint density at radius 1 is 1.24 bits per heavy atom. The first kappa shape index (κ1) is 17.1. The van der Waals surface area contributed by atoms with E-state index >= 15 is 0 Å². The fraction of sp³-hybridized carbons (Fsp3) is 0.385. The average Bonchev–Trinajstić information content (AvgIpc) is 3.06. The zero-order chi connectivity index (χ0) is 15.5. The maximum absolute atomic E-state index is 12.5. The molecule has 0 aliphatic carbocycles. The monoisotopic (exact) mass is 408 g/mol. The highest BCUT2D eigenvalue weighted by molar-refractivity contribution is 9.11. The second kappa shape index (κ2) is 7.34. The van der Waals surface area contributed by atoms with Gasteiger partial charge >= 0.3 is 0 Å². The SMILES string of the molecule is CCNCc1csc(S(=O)(=O)N(C)Cc2csc(Br)c2)c1. The number of sulfonamides is 1. The van der Waals surface area contributed by atoms with Gasteiger partial charge < -0.3 is 5.32 Å². The van der Waals surface area contributed by atoms with Crippen LogP contribution in [0.2, 0.25) is 0 Å². The Bertz CT molecular complexity index is 694. The number of thiophene rings is 2. The summed E-state index contributed by atoms with van der Waals surface area (Å²) in [5, 5.41) is 7.05. The minimum absolute atomic E-state index is 0.380. The highest BCUT2D eigenvalue weighted by Gasteiger charge is 2.23. The van der Waals surface area contributed by atoms with Crippen LogP contribution in [0.15, 0.2) is 30.9 Å². The van der Waals surface area contributed by atoms with Crippen molar-refractivity contribution in [3.05, 3.63) is 37.8 Å². The zero-order valence-corrected chi connectivity index (χ0v) is 15.8. The molecular weight excluding hydrogens is 392 g/mol. The van der Waals surface area contributed by atoms with Gasteiger partial charge in [0.2, 0.25) is 0 Å². The molecule has 1 N–H and O–H groups in total. The summed E-state index contributed by atoms with van der Waals surface area (Å²) in [5.41, 5.74) is 1.99. The summed E-state index contributed by atoms with van der Waals surface area (Å²) >= 11 is 6.22. The van der Waals surface area contributed by atoms with Crippen LogP contribution in [0.5, 0.6) is 0 Å². The van der Waals surface area contributed by atoms with E-state index in [1.54, 1.807) is 24.5 Å². The fourth-order valence-corrected chi connectivity index (χ4v) is 5.55. The maximum Gasteiger partial charge on any atom is 0.252 e. The summed E-state index contributed by atoms with van der Waals surface area (Å²) in [6.45, 7) is 3.97. The number of halogens is 1. The third-order valence-corrected chi connectivity index (χ3v) is 7.72. The minimum Gasteiger partial charge on any atom is -0.313 e. The van der Waals surface area contributed by atoms with Gasteiger partial charge in [0.15, 0.2) is 0 Å². The smallest absolute Gasteiger partial charge is 0.252 e. The van der Waals surface area contributed by atoms with Crippen molar-refractivity contribution in [1.29, 1.82) is 0 Å². The van der Waals surface area contributed by atoms with Crippen molar-refractivity contribution in [3.63, 3.8) is 0 Å². The summed E-state index contributed by atoms with van der Waals surface area (Å²) < 4.78 is 27.9. The first-order chi connectivity index (χ1) is 9.93. The van der Waals surface area contributed by atoms with Crippen molar-refractivity contribution < 1.29 is 8.42 Å². The first-order valence-corrected chi connectivity index (χ1v) is 10.4. The molecule has 2 aromatic heterocycles. The number of nitrogens with zero attached hydrogens (tertiary/aromatic N) is 1. The number of hydrogen-bond donors (Lipinski definition) is 1. The lowest BCUT2D eigenvalue weighted by atomic mass is 10.3. The van der Waals surface area contributed by atoms with E-state index in [-0.39, 0.29) is 0 Å². The normalized spacial score (nSPS) is 12.2. The van der Waals surface area contributed by atoms with E-state index in [0.29, 0.717) is 17.3 Å². The summed E-state index contributed by atoms with van der Waals surface area (Å²) in [7, 11) is -1.80. The lowest BCUT2D eigenvalue weighted by Crippen LogP contribution is -2.25. The van der Waals surface area contributed by atoms with Gasteiger partial charge in [-0.2, -0.15) is 4.31 Å². The van der Waals surface area contributed by atoms with Crippen LogP contribution in [0.1, 0.15) is 18.1 Å². The molecule has 2 heterocycles. The summed E-state index contributed by atoms with van der Waals surface area (Å²) in [6.07, 6.45) is 0. The van der Waals surface area contributed by atoms with Gasteiger partial charge in [0.1, 0.15) is 4.21 Å². The summed E-state index contributed by atoms with van der Waals surface area (Å²) in [4.78, 5) is 0. The molecule has 116 valence electrons. The van der Waals surface area contributed by atoms with E-state index in [1.807, 2.05) is 23.8 Å². The molecule has 0 fully saturated rings. The van der Waals surface area contributed by atoms with E-state index in [4.69, 9.17) is 0 Å². The molecule has 0 bridgehead atoms. The van der Waals surface area contributed by atoms with Gasteiger partial charge in [0.25, 0.3) is 10.0 Å². The highest BCUT2D eigenvalue weighted by atomic mass is 79.9. The largest absolute Gasteiger partial charge is 0.313 e. The van der Waals surface area contributed by atoms with E-state index < -0.39 is 10.0 Å². The van der Waals surface area contributed by atoms with Gasteiger partial charge in [0, 0.05) is 20.1 Å². The molecule has 0 unspecified atom stereocenters. The molecule has 0 aromatic carbocycles. The Hall–Kier alpha value is -0.250. The van der Waals surface area contributed by atoms with Crippen LogP contribution in [0.4, 0.5) is 0 Å². The van der Waals surface area contributed by atoms with Crippen molar-refractivity contribution in [2.75, 3.05) is 13.6 Å². The Labute approximate surface area is 142 Å². The van der Waals surface area contributed by atoms with Gasteiger partial charge in [-0.15, -0.1) is 22.7 Å². The van der Waals surface area contributed by atoms with Crippen LogP contribution in [0, 0.1) is 0 Å². The van der Waals surface area contributed by atoms with Gasteiger partial charge in [-0.25, -0.2) is 8.42 Å². The predicted octanol–water partition coefficient (Wildman–Crippen LogP) is 3.50. The Balaban J connectivity index is 2.11. The van der Waals surface area contributed by atoms with Crippen molar-refractivity contribution in [2.45, 2.75) is 24.2 Å². The molecule has 0 atom stereocenters. The third kappa shape index (κ3) is 4.37. The molecule has 2 aromatic rings. The maximum atomic E-state index is 12.5. The van der Waals surface area contributed by atoms with Crippen molar-refractivity contribution >= 4 is 48.6 Å². The van der Waals surface area contributed by atoms with Crippen molar-refractivity contribution in [3.8, 4) is 0 Å². The minimum atomic E-state index is -3.42. The molecule has 0 saturated carbocycles. The lowest BCUT2D eigenvalue weighted by molar-refractivity contribution is 0.469. The van der Waals surface area contributed by atoms with Gasteiger partial charge in [-0.3, -0.25) is 0 Å². The molecule has 0 amide bonds. The van der Waals surface area contributed by atoms with E-state index in [2.05, 4.69) is 21.2 Å². The van der Waals surface area contributed by atoms with Crippen LogP contribution < -0.4 is 5.32 Å². The van der Waals surface area contributed by atoms with Crippen LogP contribution in [0.25, 0.3) is 0 Å². The molecule has 0 radical (unpaired) electrons. The Kier molecular flexibility index (Phi) is 5.98. The van der Waals surface area contributed by atoms with Gasteiger partial charge in [0.05, 0.1) is 3.79 Å². The molecule has 8 heteroatoms. The third-order valence-electron chi connectivity index (χ3n) is 2.90. The quantitative estimate of drug-likeness (QED) is 0.762. The van der Waals surface area contributed by atoms with Gasteiger partial charge in [-0.05, 0) is 56.5 Å². The highest BCUT2D eigenvalue weighted by Crippen LogP contribution is 2.26. The van der Waals surface area contributed by atoms with Crippen molar-refractivity contribution in [2.24, 2.45) is 0 Å². The van der Waals surface area contributed by atoms with Crippen LogP contribution >= 0.6 is 38.6 Å². The van der Waals surface area contributed by atoms with E-state index in [1.165, 1.54) is 15.6 Å². The van der Waals surface area contributed by atoms with Gasteiger partial charge in [-0.1, -0.05) is 6.92 Å². The Morgan fingerprint density at radius 3 is 2.57 bits per heavy atom. The van der Waals surface area contributed by atoms with Crippen molar-refractivity contribution in [1.82, 2.24) is 9.62 Å². The second-order valence-corrected chi connectivity index (χ2v) is 10.0. The number of hydrogen-bond acceptors (Lipinski definition) is 5. The summed E-state index contributed by atoms with van der Waals surface area (Å²) in [6, 6.07) is 3.70. The molecule has 2 rings (SSSR count). The molecule has 21 heavy (non-hydrogen) atoms. The topological polar surface area (TPSA) is 49.4 Å². The summed E-state index contributed by atoms with van der Waals surface area (Å²) in [5.74, 6) is 0. The molecule has 0 aliphatic heterocycles.